The molecule has 0 aromatic carbocycles. The number of halogens is 1. The summed E-state index contributed by atoms with van der Waals surface area (Å²) in [6.07, 6.45) is 3.82. The van der Waals surface area contributed by atoms with Crippen molar-refractivity contribution in [2.45, 2.75) is 24.8 Å². The fourth-order valence-corrected chi connectivity index (χ4v) is 3.31. The first kappa shape index (κ1) is 11.9. The molecule has 96 valence electrons. The lowest BCUT2D eigenvalue weighted by atomic mass is 10.3. The molecule has 7 heteroatoms. The molecule has 0 spiro atoms. The Morgan fingerprint density at radius 3 is 2.72 bits per heavy atom. The van der Waals surface area contributed by atoms with Crippen molar-refractivity contribution in [2.24, 2.45) is 0 Å². The summed E-state index contributed by atoms with van der Waals surface area (Å²) in [5.74, 6) is 1.80. The topological polar surface area (TPSA) is 72.0 Å². The molecular weight excluding hydrogens is 274 g/mol. The van der Waals surface area contributed by atoms with Crippen LogP contribution in [0.25, 0.3) is 0 Å². The van der Waals surface area contributed by atoms with Crippen LogP contribution in [0.15, 0.2) is 17.6 Å². The van der Waals surface area contributed by atoms with Crippen LogP contribution in [0.4, 0.5) is 5.82 Å². The summed E-state index contributed by atoms with van der Waals surface area (Å²) in [5, 5.41) is 4.68. The Labute approximate surface area is 110 Å². The van der Waals surface area contributed by atoms with E-state index in [2.05, 4.69) is 15.3 Å². The number of anilines is 1. The van der Waals surface area contributed by atoms with Gasteiger partial charge in [0, 0.05) is 17.4 Å². The molecule has 18 heavy (non-hydrogen) atoms. The predicted molar refractivity (Wildman–Crippen MR) is 69.4 cm³/mol. The molecule has 1 aliphatic heterocycles. The summed E-state index contributed by atoms with van der Waals surface area (Å²) in [4.78, 5) is 8.55. The summed E-state index contributed by atoms with van der Waals surface area (Å²) in [7, 11) is -3.06. The van der Waals surface area contributed by atoms with Crippen molar-refractivity contribution in [1.29, 1.82) is 0 Å². The summed E-state index contributed by atoms with van der Waals surface area (Å²) in [6, 6.07) is 1.37. The third-order valence-corrected chi connectivity index (χ3v) is 4.51. The van der Waals surface area contributed by atoms with Crippen molar-refractivity contribution < 1.29 is 8.42 Å². The molecule has 1 fully saturated rings. The van der Waals surface area contributed by atoms with Crippen LogP contribution in [-0.4, -0.2) is 30.2 Å². The van der Waals surface area contributed by atoms with Crippen LogP contribution in [0.1, 0.15) is 24.6 Å². The summed E-state index contributed by atoms with van der Waals surface area (Å²) in [5.41, 5.74) is 0. The predicted octanol–water partition coefficient (Wildman–Crippen LogP) is 1.73. The third kappa shape index (κ3) is 2.64. The SMILES string of the molecule is O=S1(=O)C=CC(Nc2cc(Cl)nc(C3CC3)n2)C1. The van der Waals surface area contributed by atoms with E-state index in [0.29, 0.717) is 16.9 Å². The number of rotatable bonds is 3. The zero-order chi connectivity index (χ0) is 12.8. The van der Waals surface area contributed by atoms with Gasteiger partial charge in [0.1, 0.15) is 16.8 Å². The molecule has 1 aromatic rings. The average Bonchev–Trinajstić information content (AvgIpc) is 3.04. The highest BCUT2D eigenvalue weighted by Crippen LogP contribution is 2.38. The number of hydrogen-bond donors (Lipinski definition) is 1. The van der Waals surface area contributed by atoms with Crippen LogP contribution in [0, 0.1) is 0 Å². The average molecular weight is 286 g/mol. The quantitative estimate of drug-likeness (QED) is 0.856. The van der Waals surface area contributed by atoms with E-state index in [1.165, 1.54) is 5.41 Å². The fraction of sp³-hybridized carbons (Fsp3) is 0.455. The molecule has 1 N–H and O–H groups in total. The van der Waals surface area contributed by atoms with Gasteiger partial charge in [-0.3, -0.25) is 0 Å². The molecular formula is C11H12ClN3O2S. The van der Waals surface area contributed by atoms with Gasteiger partial charge in [-0.1, -0.05) is 11.6 Å². The van der Waals surface area contributed by atoms with E-state index in [0.717, 1.165) is 18.7 Å². The molecule has 1 saturated carbocycles. The van der Waals surface area contributed by atoms with Crippen molar-refractivity contribution in [2.75, 3.05) is 11.1 Å². The highest BCUT2D eigenvalue weighted by molar-refractivity contribution is 7.94. The molecule has 0 saturated heterocycles. The molecule has 0 bridgehead atoms. The molecule has 1 aliphatic carbocycles. The van der Waals surface area contributed by atoms with Gasteiger partial charge in [0.2, 0.25) is 0 Å². The first-order chi connectivity index (χ1) is 8.52. The minimum Gasteiger partial charge on any atom is -0.363 e. The van der Waals surface area contributed by atoms with Crippen LogP contribution in [0.5, 0.6) is 0 Å². The van der Waals surface area contributed by atoms with Crippen LogP contribution < -0.4 is 5.32 Å². The van der Waals surface area contributed by atoms with E-state index in [1.54, 1.807) is 12.1 Å². The Morgan fingerprint density at radius 1 is 1.33 bits per heavy atom. The first-order valence-corrected chi connectivity index (χ1v) is 7.83. The van der Waals surface area contributed by atoms with E-state index in [4.69, 9.17) is 11.6 Å². The molecule has 3 rings (SSSR count). The van der Waals surface area contributed by atoms with Crippen molar-refractivity contribution in [1.82, 2.24) is 9.97 Å². The van der Waals surface area contributed by atoms with Crippen molar-refractivity contribution >= 4 is 27.3 Å². The molecule has 1 atom stereocenters. The number of nitrogens with one attached hydrogen (secondary N) is 1. The van der Waals surface area contributed by atoms with Gasteiger partial charge in [-0.15, -0.1) is 0 Å². The second-order valence-corrected chi connectivity index (χ2v) is 6.94. The second-order valence-electron chi connectivity index (χ2n) is 4.62. The third-order valence-electron chi connectivity index (χ3n) is 2.92. The molecule has 1 aromatic heterocycles. The zero-order valence-corrected chi connectivity index (χ0v) is 11.1. The first-order valence-electron chi connectivity index (χ1n) is 5.74. The second kappa shape index (κ2) is 4.20. The Bertz CT molecular complexity index is 611. The Balaban J connectivity index is 1.78. The largest absolute Gasteiger partial charge is 0.363 e. The van der Waals surface area contributed by atoms with Crippen molar-refractivity contribution in [3.8, 4) is 0 Å². The molecule has 2 heterocycles. The maximum atomic E-state index is 11.3. The molecule has 1 unspecified atom stereocenters. The minimum absolute atomic E-state index is 0.0629. The lowest BCUT2D eigenvalue weighted by Crippen LogP contribution is -2.21. The number of hydrogen-bond acceptors (Lipinski definition) is 5. The van der Waals surface area contributed by atoms with Gasteiger partial charge in [0.15, 0.2) is 9.84 Å². The fourth-order valence-electron chi connectivity index (χ4n) is 1.89. The van der Waals surface area contributed by atoms with Crippen LogP contribution >= 0.6 is 11.6 Å². The summed E-state index contributed by atoms with van der Waals surface area (Å²) < 4.78 is 22.6. The Morgan fingerprint density at radius 2 is 2.11 bits per heavy atom. The molecule has 0 amide bonds. The van der Waals surface area contributed by atoms with Gasteiger partial charge < -0.3 is 5.32 Å². The Kier molecular flexibility index (Phi) is 2.79. The molecule has 5 nitrogen and oxygen atoms in total. The normalized spacial score (nSPS) is 25.3. The zero-order valence-electron chi connectivity index (χ0n) is 9.51. The van der Waals surface area contributed by atoms with Gasteiger partial charge in [0.05, 0.1) is 11.8 Å². The minimum atomic E-state index is -3.06. The van der Waals surface area contributed by atoms with Crippen molar-refractivity contribution in [3.63, 3.8) is 0 Å². The highest BCUT2D eigenvalue weighted by Gasteiger charge is 2.28. The van der Waals surface area contributed by atoms with E-state index in [1.807, 2.05) is 0 Å². The lowest BCUT2D eigenvalue weighted by Gasteiger charge is -2.11. The van der Waals surface area contributed by atoms with Crippen LogP contribution in [0.2, 0.25) is 5.15 Å². The van der Waals surface area contributed by atoms with Crippen LogP contribution in [-0.2, 0) is 9.84 Å². The van der Waals surface area contributed by atoms with Crippen LogP contribution in [0.3, 0.4) is 0 Å². The molecule has 2 aliphatic rings. The lowest BCUT2D eigenvalue weighted by molar-refractivity contribution is 0.605. The van der Waals surface area contributed by atoms with Gasteiger partial charge in [-0.25, -0.2) is 18.4 Å². The standard InChI is InChI=1S/C11H12ClN3O2S/c12-9-5-10(15-11(14-9)7-1-2-7)13-8-3-4-18(16,17)6-8/h3-5,7-8H,1-2,6H2,(H,13,14,15). The maximum Gasteiger partial charge on any atom is 0.173 e. The van der Waals surface area contributed by atoms with Gasteiger partial charge in [-0.2, -0.15) is 0 Å². The Hall–Kier alpha value is -1.14. The number of nitrogens with zero attached hydrogens (tertiary/aromatic N) is 2. The van der Waals surface area contributed by atoms with Crippen molar-refractivity contribution in [3.05, 3.63) is 28.5 Å². The highest BCUT2D eigenvalue weighted by atomic mass is 35.5. The van der Waals surface area contributed by atoms with E-state index >= 15 is 0 Å². The summed E-state index contributed by atoms with van der Waals surface area (Å²) >= 11 is 5.94. The van der Waals surface area contributed by atoms with E-state index < -0.39 is 9.84 Å². The summed E-state index contributed by atoms with van der Waals surface area (Å²) in [6.45, 7) is 0. The van der Waals surface area contributed by atoms with E-state index in [9.17, 15) is 8.42 Å². The smallest absolute Gasteiger partial charge is 0.173 e. The van der Waals surface area contributed by atoms with Gasteiger partial charge >= 0.3 is 0 Å². The number of sulfone groups is 1. The van der Waals surface area contributed by atoms with Gasteiger partial charge in [0.25, 0.3) is 0 Å². The van der Waals surface area contributed by atoms with E-state index in [-0.39, 0.29) is 11.8 Å². The molecule has 0 radical (unpaired) electrons. The van der Waals surface area contributed by atoms with Gasteiger partial charge in [-0.05, 0) is 18.9 Å². The monoisotopic (exact) mass is 285 g/mol. The number of aromatic nitrogens is 2. The maximum absolute atomic E-state index is 11.3.